The first-order valence-electron chi connectivity index (χ1n) is 9.87. The van der Waals surface area contributed by atoms with E-state index in [0.717, 1.165) is 64.2 Å². The van der Waals surface area contributed by atoms with Gasteiger partial charge in [-0.2, -0.15) is 0 Å². The smallest absolute Gasteiger partial charge is 0.305 e. The molecule has 6 nitrogen and oxygen atoms in total. The molecular weight excluding hydrogens is 320 g/mol. The molecule has 0 aromatic carbocycles. The van der Waals surface area contributed by atoms with Gasteiger partial charge < -0.3 is 15.3 Å². The Labute approximate surface area is 149 Å². The number of carboxylic acid groups (broad SMARTS) is 1. The molecule has 0 spiro atoms. The Morgan fingerprint density at radius 1 is 0.880 bits per heavy atom. The van der Waals surface area contributed by atoms with Crippen LogP contribution in [0.5, 0.6) is 0 Å². The Kier molecular flexibility index (Phi) is 5.97. The number of nitrogens with zero attached hydrogens (tertiary/aromatic N) is 1. The lowest BCUT2D eigenvalue weighted by molar-refractivity contribution is -0.141. The minimum Gasteiger partial charge on any atom is -0.481 e. The summed E-state index contributed by atoms with van der Waals surface area (Å²) in [7, 11) is 0. The zero-order valence-electron chi connectivity index (χ0n) is 14.9. The minimum atomic E-state index is -0.831. The first-order valence-corrected chi connectivity index (χ1v) is 9.87. The number of carbonyl (C=O) groups excluding carboxylic acids is 2. The van der Waals surface area contributed by atoms with Crippen LogP contribution in [-0.4, -0.2) is 46.4 Å². The Morgan fingerprint density at radius 3 is 2.20 bits per heavy atom. The summed E-state index contributed by atoms with van der Waals surface area (Å²) >= 11 is 0. The van der Waals surface area contributed by atoms with Gasteiger partial charge in [0.1, 0.15) is 0 Å². The summed E-state index contributed by atoms with van der Waals surface area (Å²) in [5, 5.41) is 12.2. The molecule has 25 heavy (non-hydrogen) atoms. The van der Waals surface area contributed by atoms with E-state index in [1.807, 2.05) is 0 Å². The summed E-state index contributed by atoms with van der Waals surface area (Å²) in [6.45, 7) is 0.690. The third-order valence-corrected chi connectivity index (χ3v) is 6.22. The average molecular weight is 350 g/mol. The number of hydrogen-bond donors (Lipinski definition) is 2. The maximum atomic E-state index is 12.8. The number of aliphatic carboxylic acids is 1. The van der Waals surface area contributed by atoms with Gasteiger partial charge >= 0.3 is 5.97 Å². The van der Waals surface area contributed by atoms with Crippen molar-refractivity contribution < 1.29 is 19.5 Å². The van der Waals surface area contributed by atoms with E-state index in [0.29, 0.717) is 6.54 Å². The molecule has 3 fully saturated rings. The van der Waals surface area contributed by atoms with Crippen molar-refractivity contribution in [2.75, 3.05) is 6.54 Å². The van der Waals surface area contributed by atoms with Gasteiger partial charge in [-0.1, -0.05) is 12.8 Å². The number of hydrogen-bond acceptors (Lipinski definition) is 3. The van der Waals surface area contributed by atoms with Gasteiger partial charge in [-0.15, -0.1) is 0 Å². The Morgan fingerprint density at radius 2 is 1.56 bits per heavy atom. The number of carbonyl (C=O) groups is 3. The average Bonchev–Trinajstić information content (AvgIpc) is 3.26. The molecule has 6 heteroatoms. The van der Waals surface area contributed by atoms with E-state index in [1.54, 1.807) is 4.90 Å². The van der Waals surface area contributed by atoms with Crippen molar-refractivity contribution in [1.29, 1.82) is 0 Å². The summed E-state index contributed by atoms with van der Waals surface area (Å²) < 4.78 is 0. The lowest BCUT2D eigenvalue weighted by atomic mass is 9.84. The molecule has 2 N–H and O–H groups in total. The van der Waals surface area contributed by atoms with E-state index in [9.17, 15) is 14.4 Å². The molecule has 3 rings (SSSR count). The van der Waals surface area contributed by atoms with E-state index in [1.165, 1.54) is 0 Å². The molecule has 0 bridgehead atoms. The fourth-order valence-electron chi connectivity index (χ4n) is 4.77. The Bertz CT molecular complexity index is 508. The molecule has 1 aliphatic heterocycles. The van der Waals surface area contributed by atoms with Crippen LogP contribution in [-0.2, 0) is 14.4 Å². The van der Waals surface area contributed by atoms with Crippen LogP contribution in [0.3, 0.4) is 0 Å². The van der Waals surface area contributed by atoms with E-state index in [2.05, 4.69) is 5.32 Å². The number of likely N-dealkylation sites (tertiary alicyclic amines) is 1. The maximum absolute atomic E-state index is 12.8. The van der Waals surface area contributed by atoms with Crippen molar-refractivity contribution in [3.05, 3.63) is 0 Å². The van der Waals surface area contributed by atoms with Crippen LogP contribution in [0.4, 0.5) is 0 Å². The maximum Gasteiger partial charge on any atom is 0.305 e. The minimum absolute atomic E-state index is 0.00553. The second-order valence-corrected chi connectivity index (χ2v) is 7.96. The molecule has 140 valence electrons. The molecule has 2 aliphatic carbocycles. The highest BCUT2D eigenvalue weighted by Crippen LogP contribution is 2.31. The second-order valence-electron chi connectivity index (χ2n) is 7.96. The van der Waals surface area contributed by atoms with E-state index in [-0.39, 0.29) is 42.2 Å². The highest BCUT2D eigenvalue weighted by Gasteiger charge is 2.36. The van der Waals surface area contributed by atoms with Crippen molar-refractivity contribution in [1.82, 2.24) is 10.2 Å². The summed E-state index contributed by atoms with van der Waals surface area (Å²) in [5.74, 6) is -0.310. The third-order valence-electron chi connectivity index (χ3n) is 6.22. The third kappa shape index (κ3) is 4.53. The first kappa shape index (κ1) is 18.2. The van der Waals surface area contributed by atoms with Crippen LogP contribution in [0.2, 0.25) is 0 Å². The molecule has 1 unspecified atom stereocenters. The fourth-order valence-corrected chi connectivity index (χ4v) is 4.77. The standard InChI is InChI=1S/C19H30N2O4/c22-17(23)12-16-6-3-11-21(16)19(25)14-7-9-15(10-8-14)20-18(24)13-4-1-2-5-13/h13-16H,1-12H2,(H,20,24)(H,22,23). The van der Waals surface area contributed by atoms with Crippen molar-refractivity contribution in [2.45, 2.75) is 82.7 Å². The van der Waals surface area contributed by atoms with Crippen LogP contribution in [0.15, 0.2) is 0 Å². The summed E-state index contributed by atoms with van der Waals surface area (Å²) in [4.78, 5) is 37.8. The number of nitrogens with one attached hydrogen (secondary N) is 1. The van der Waals surface area contributed by atoms with Crippen LogP contribution in [0, 0.1) is 11.8 Å². The molecule has 1 saturated heterocycles. The van der Waals surface area contributed by atoms with Crippen LogP contribution >= 0.6 is 0 Å². The quantitative estimate of drug-likeness (QED) is 0.797. The lowest BCUT2D eigenvalue weighted by Gasteiger charge is -2.33. The molecule has 0 aromatic heterocycles. The molecule has 0 radical (unpaired) electrons. The van der Waals surface area contributed by atoms with Crippen molar-refractivity contribution in [2.24, 2.45) is 11.8 Å². The Balaban J connectivity index is 1.45. The molecule has 2 saturated carbocycles. The van der Waals surface area contributed by atoms with Gasteiger partial charge in [0.05, 0.1) is 6.42 Å². The number of rotatable bonds is 5. The van der Waals surface area contributed by atoms with Crippen LogP contribution < -0.4 is 5.32 Å². The van der Waals surface area contributed by atoms with E-state index < -0.39 is 5.97 Å². The Hall–Kier alpha value is -1.59. The molecule has 1 atom stereocenters. The largest absolute Gasteiger partial charge is 0.481 e. The molecular formula is C19H30N2O4. The second kappa shape index (κ2) is 8.19. The highest BCUT2D eigenvalue weighted by molar-refractivity contribution is 5.81. The molecule has 1 heterocycles. The topological polar surface area (TPSA) is 86.7 Å². The van der Waals surface area contributed by atoms with Crippen LogP contribution in [0.25, 0.3) is 0 Å². The van der Waals surface area contributed by atoms with Gasteiger partial charge in [-0.3, -0.25) is 14.4 Å². The highest BCUT2D eigenvalue weighted by atomic mass is 16.4. The van der Waals surface area contributed by atoms with Crippen molar-refractivity contribution in [3.8, 4) is 0 Å². The van der Waals surface area contributed by atoms with Gasteiger partial charge in [-0.25, -0.2) is 0 Å². The predicted molar refractivity (Wildman–Crippen MR) is 92.8 cm³/mol. The SMILES string of the molecule is O=C(O)CC1CCCN1C(=O)C1CCC(NC(=O)C2CCCC2)CC1. The van der Waals surface area contributed by atoms with Gasteiger partial charge in [0.25, 0.3) is 0 Å². The van der Waals surface area contributed by atoms with E-state index >= 15 is 0 Å². The monoisotopic (exact) mass is 350 g/mol. The van der Waals surface area contributed by atoms with Gasteiger partial charge in [0, 0.05) is 30.5 Å². The summed E-state index contributed by atoms with van der Waals surface area (Å²) in [6, 6.07) is 0.0651. The van der Waals surface area contributed by atoms with Gasteiger partial charge in [0.15, 0.2) is 0 Å². The molecule has 2 amide bonds. The fraction of sp³-hybridized carbons (Fsp3) is 0.842. The molecule has 0 aromatic rings. The lowest BCUT2D eigenvalue weighted by Crippen LogP contribution is -2.45. The normalized spacial score (nSPS) is 30.4. The summed E-state index contributed by atoms with van der Waals surface area (Å²) in [5.41, 5.74) is 0. The van der Waals surface area contributed by atoms with Gasteiger partial charge in [-0.05, 0) is 51.4 Å². The first-order chi connectivity index (χ1) is 12.0. The zero-order valence-corrected chi connectivity index (χ0v) is 14.9. The zero-order chi connectivity index (χ0) is 17.8. The van der Waals surface area contributed by atoms with E-state index in [4.69, 9.17) is 5.11 Å². The predicted octanol–water partition coefficient (Wildman–Crippen LogP) is 2.32. The summed E-state index contributed by atoms with van der Waals surface area (Å²) in [6.07, 6.45) is 9.40. The molecule has 3 aliphatic rings. The van der Waals surface area contributed by atoms with Gasteiger partial charge in [0.2, 0.25) is 11.8 Å². The number of amides is 2. The van der Waals surface area contributed by atoms with Crippen molar-refractivity contribution >= 4 is 17.8 Å². The van der Waals surface area contributed by atoms with Crippen molar-refractivity contribution in [3.63, 3.8) is 0 Å². The number of carboxylic acids is 1. The van der Waals surface area contributed by atoms with Crippen LogP contribution in [0.1, 0.15) is 70.6 Å².